The number of imide groups is 1. The van der Waals surface area contributed by atoms with Crippen molar-refractivity contribution in [2.45, 2.75) is 39.3 Å². The monoisotopic (exact) mass is 227 g/mol. The van der Waals surface area contributed by atoms with E-state index in [1.807, 2.05) is 11.8 Å². The highest BCUT2D eigenvalue weighted by Crippen LogP contribution is 2.04. The van der Waals surface area contributed by atoms with E-state index in [1.165, 1.54) is 0 Å². The van der Waals surface area contributed by atoms with E-state index in [0.717, 1.165) is 6.54 Å². The average molecular weight is 227 g/mol. The fraction of sp³-hybridized carbons (Fsp3) is 0.818. The van der Waals surface area contributed by atoms with E-state index in [4.69, 9.17) is 0 Å². The number of piperazine rings is 1. The lowest BCUT2D eigenvalue weighted by Gasteiger charge is -2.32. The smallest absolute Gasteiger partial charge is 0.243 e. The SMILES string of the molecule is CC1C(=O)NC(=O)CN1CCNC(C)(C)C. The molecule has 1 saturated heterocycles. The highest BCUT2D eigenvalue weighted by molar-refractivity contribution is 6.00. The zero-order chi connectivity index (χ0) is 12.3. The molecule has 16 heavy (non-hydrogen) atoms. The lowest BCUT2D eigenvalue weighted by Crippen LogP contribution is -2.58. The molecule has 92 valence electrons. The predicted molar refractivity (Wildman–Crippen MR) is 61.9 cm³/mol. The second-order valence-electron chi connectivity index (χ2n) is 5.24. The molecule has 0 spiro atoms. The van der Waals surface area contributed by atoms with E-state index in [1.54, 1.807) is 0 Å². The minimum atomic E-state index is -0.223. The Kier molecular flexibility index (Phi) is 4.04. The maximum Gasteiger partial charge on any atom is 0.243 e. The molecule has 5 nitrogen and oxygen atoms in total. The summed E-state index contributed by atoms with van der Waals surface area (Å²) < 4.78 is 0. The number of hydrogen-bond donors (Lipinski definition) is 2. The molecule has 2 amide bonds. The zero-order valence-electron chi connectivity index (χ0n) is 10.5. The van der Waals surface area contributed by atoms with Crippen molar-refractivity contribution in [2.24, 2.45) is 0 Å². The maximum atomic E-state index is 11.4. The van der Waals surface area contributed by atoms with Crippen LogP contribution in [0.5, 0.6) is 0 Å². The number of carbonyl (C=O) groups excluding carboxylic acids is 2. The molecule has 1 unspecified atom stereocenters. The molecular weight excluding hydrogens is 206 g/mol. The van der Waals surface area contributed by atoms with Crippen molar-refractivity contribution >= 4 is 11.8 Å². The molecule has 1 atom stereocenters. The van der Waals surface area contributed by atoms with Crippen LogP contribution < -0.4 is 10.6 Å². The third-order valence-corrected chi connectivity index (χ3v) is 2.59. The van der Waals surface area contributed by atoms with E-state index in [-0.39, 0.29) is 23.4 Å². The first-order chi connectivity index (χ1) is 7.29. The molecular formula is C11H21N3O2. The number of nitrogens with one attached hydrogen (secondary N) is 2. The van der Waals surface area contributed by atoms with E-state index >= 15 is 0 Å². The number of carbonyl (C=O) groups is 2. The zero-order valence-corrected chi connectivity index (χ0v) is 10.5. The van der Waals surface area contributed by atoms with Gasteiger partial charge < -0.3 is 5.32 Å². The van der Waals surface area contributed by atoms with Crippen molar-refractivity contribution < 1.29 is 9.59 Å². The molecule has 0 aromatic rings. The maximum absolute atomic E-state index is 11.4. The number of amides is 2. The number of hydrogen-bond acceptors (Lipinski definition) is 4. The molecule has 1 aliphatic rings. The lowest BCUT2D eigenvalue weighted by atomic mass is 10.1. The Balaban J connectivity index is 2.41. The summed E-state index contributed by atoms with van der Waals surface area (Å²) in [6, 6.07) is -0.223. The van der Waals surface area contributed by atoms with Crippen LogP contribution in [0.1, 0.15) is 27.7 Å². The first-order valence-corrected chi connectivity index (χ1v) is 5.62. The van der Waals surface area contributed by atoms with Crippen LogP contribution in [0, 0.1) is 0 Å². The van der Waals surface area contributed by atoms with E-state index in [0.29, 0.717) is 13.1 Å². The molecule has 1 heterocycles. The number of rotatable bonds is 3. The van der Waals surface area contributed by atoms with Crippen LogP contribution in [0.3, 0.4) is 0 Å². The lowest BCUT2D eigenvalue weighted by molar-refractivity contribution is -0.139. The van der Waals surface area contributed by atoms with E-state index in [2.05, 4.69) is 31.4 Å². The van der Waals surface area contributed by atoms with Gasteiger partial charge in [0, 0.05) is 18.6 Å². The van der Waals surface area contributed by atoms with Crippen LogP contribution in [0.4, 0.5) is 0 Å². The standard InChI is InChI=1S/C11H21N3O2/c1-8-10(16)13-9(15)7-14(8)6-5-12-11(2,3)4/h8,12H,5-7H2,1-4H3,(H,13,15,16). The fourth-order valence-electron chi connectivity index (χ4n) is 1.62. The second kappa shape index (κ2) is 4.93. The molecule has 0 radical (unpaired) electrons. The first kappa shape index (κ1) is 13.1. The molecule has 0 aromatic carbocycles. The van der Waals surface area contributed by atoms with Gasteiger partial charge in [-0.25, -0.2) is 0 Å². The Bertz CT molecular complexity index is 283. The number of nitrogens with zero attached hydrogens (tertiary/aromatic N) is 1. The molecule has 1 fully saturated rings. The van der Waals surface area contributed by atoms with E-state index < -0.39 is 0 Å². The normalized spacial score (nSPS) is 23.4. The quantitative estimate of drug-likeness (QED) is 0.651. The summed E-state index contributed by atoms with van der Waals surface area (Å²) in [6.07, 6.45) is 0. The van der Waals surface area contributed by atoms with Gasteiger partial charge in [0.2, 0.25) is 11.8 Å². The summed E-state index contributed by atoms with van der Waals surface area (Å²) in [6.45, 7) is 9.86. The van der Waals surface area contributed by atoms with Gasteiger partial charge in [0.05, 0.1) is 12.6 Å². The topological polar surface area (TPSA) is 61.4 Å². The Morgan fingerprint density at radius 2 is 2.06 bits per heavy atom. The summed E-state index contributed by atoms with van der Waals surface area (Å²) in [5.74, 6) is -0.411. The summed E-state index contributed by atoms with van der Waals surface area (Å²) in [7, 11) is 0. The second-order valence-corrected chi connectivity index (χ2v) is 5.24. The summed E-state index contributed by atoms with van der Waals surface area (Å²) in [5, 5.41) is 5.66. The molecule has 0 bridgehead atoms. The summed E-state index contributed by atoms with van der Waals surface area (Å²) >= 11 is 0. The third kappa shape index (κ3) is 3.90. The van der Waals surface area contributed by atoms with Crippen molar-refractivity contribution in [3.63, 3.8) is 0 Å². The molecule has 0 aliphatic carbocycles. The predicted octanol–water partition coefficient (Wildman–Crippen LogP) is -0.279. The van der Waals surface area contributed by atoms with Crippen molar-refractivity contribution in [2.75, 3.05) is 19.6 Å². The fourth-order valence-corrected chi connectivity index (χ4v) is 1.62. The van der Waals surface area contributed by atoms with Crippen molar-refractivity contribution in [1.29, 1.82) is 0 Å². The van der Waals surface area contributed by atoms with Crippen LogP contribution in [-0.4, -0.2) is 47.9 Å². The third-order valence-electron chi connectivity index (χ3n) is 2.59. The largest absolute Gasteiger partial charge is 0.311 e. The van der Waals surface area contributed by atoms with Crippen LogP contribution in [0.2, 0.25) is 0 Å². The highest BCUT2D eigenvalue weighted by atomic mass is 16.2. The van der Waals surface area contributed by atoms with Gasteiger partial charge in [-0.15, -0.1) is 0 Å². The molecule has 1 aliphatic heterocycles. The van der Waals surface area contributed by atoms with Crippen molar-refractivity contribution in [3.05, 3.63) is 0 Å². The molecule has 2 N–H and O–H groups in total. The van der Waals surface area contributed by atoms with Gasteiger partial charge in [0.25, 0.3) is 0 Å². The van der Waals surface area contributed by atoms with Gasteiger partial charge in [-0.3, -0.25) is 19.8 Å². The molecule has 1 rings (SSSR count). The molecule has 5 heteroatoms. The highest BCUT2D eigenvalue weighted by Gasteiger charge is 2.29. The Hall–Kier alpha value is -0.940. The van der Waals surface area contributed by atoms with Gasteiger partial charge in [0.15, 0.2) is 0 Å². The van der Waals surface area contributed by atoms with E-state index in [9.17, 15) is 9.59 Å². The Labute approximate surface area is 96.6 Å². The molecule has 0 aromatic heterocycles. The van der Waals surface area contributed by atoms with Gasteiger partial charge in [-0.05, 0) is 27.7 Å². The summed E-state index contributed by atoms with van der Waals surface area (Å²) in [5.41, 5.74) is 0.0608. The minimum absolute atomic E-state index is 0.0608. The van der Waals surface area contributed by atoms with Gasteiger partial charge in [0.1, 0.15) is 0 Å². The van der Waals surface area contributed by atoms with Gasteiger partial charge in [-0.1, -0.05) is 0 Å². The minimum Gasteiger partial charge on any atom is -0.311 e. The van der Waals surface area contributed by atoms with Crippen LogP contribution in [-0.2, 0) is 9.59 Å². The van der Waals surface area contributed by atoms with Crippen LogP contribution in [0.15, 0.2) is 0 Å². The first-order valence-electron chi connectivity index (χ1n) is 5.62. The van der Waals surface area contributed by atoms with Gasteiger partial charge in [-0.2, -0.15) is 0 Å². The van der Waals surface area contributed by atoms with Crippen molar-refractivity contribution in [3.8, 4) is 0 Å². The average Bonchev–Trinajstić information content (AvgIpc) is 2.11. The van der Waals surface area contributed by atoms with Gasteiger partial charge >= 0.3 is 0 Å². The van der Waals surface area contributed by atoms with Crippen LogP contribution >= 0.6 is 0 Å². The van der Waals surface area contributed by atoms with Crippen molar-refractivity contribution in [1.82, 2.24) is 15.5 Å². The summed E-state index contributed by atoms with van der Waals surface area (Å²) in [4.78, 5) is 24.5. The van der Waals surface area contributed by atoms with Crippen LogP contribution in [0.25, 0.3) is 0 Å². The molecule has 0 saturated carbocycles. The Morgan fingerprint density at radius 3 is 2.62 bits per heavy atom. The Morgan fingerprint density at radius 1 is 1.44 bits per heavy atom.